The van der Waals surface area contributed by atoms with Gasteiger partial charge >= 0.3 is 0 Å². The van der Waals surface area contributed by atoms with Crippen molar-refractivity contribution in [1.82, 2.24) is 4.90 Å². The van der Waals surface area contributed by atoms with E-state index in [1.165, 1.54) is 38.8 Å². The lowest BCUT2D eigenvalue weighted by atomic mass is 9.78. The number of nitrogens with one attached hydrogen (secondary N) is 1. The van der Waals surface area contributed by atoms with Gasteiger partial charge in [0.05, 0.1) is 6.61 Å². The summed E-state index contributed by atoms with van der Waals surface area (Å²) in [7, 11) is 0. The Morgan fingerprint density at radius 2 is 1.93 bits per heavy atom. The van der Waals surface area contributed by atoms with E-state index < -0.39 is 5.60 Å². The van der Waals surface area contributed by atoms with E-state index in [-0.39, 0.29) is 5.91 Å². The van der Waals surface area contributed by atoms with Gasteiger partial charge in [0.2, 0.25) is 0 Å². The lowest BCUT2D eigenvalue weighted by Crippen LogP contribution is -2.48. The molecule has 1 N–H and O–H groups in total. The molecular weight excluding hydrogens is 364 g/mol. The van der Waals surface area contributed by atoms with Gasteiger partial charge in [0, 0.05) is 18.8 Å². The lowest BCUT2D eigenvalue weighted by molar-refractivity contribution is -0.147. The number of anilines is 1. The molecule has 0 radical (unpaired) electrons. The Kier molecular flexibility index (Phi) is 8.37. The minimum Gasteiger partial charge on any atom is -0.494 e. The minimum atomic E-state index is -0.684. The van der Waals surface area contributed by atoms with Gasteiger partial charge in [-0.1, -0.05) is 19.8 Å². The Balaban J connectivity index is 1.45. The summed E-state index contributed by atoms with van der Waals surface area (Å²) < 4.78 is 11.9. The van der Waals surface area contributed by atoms with Crippen molar-refractivity contribution in [2.75, 3.05) is 38.2 Å². The maximum Gasteiger partial charge on any atom is 0.256 e. The molecule has 0 aromatic heterocycles. The molecule has 1 aromatic rings. The summed E-state index contributed by atoms with van der Waals surface area (Å²) >= 11 is 0. The van der Waals surface area contributed by atoms with E-state index in [0.29, 0.717) is 12.5 Å². The molecule has 1 aliphatic carbocycles. The Morgan fingerprint density at radius 3 is 2.62 bits per heavy atom. The van der Waals surface area contributed by atoms with Crippen LogP contribution in [0.15, 0.2) is 24.3 Å². The third-order valence-electron chi connectivity index (χ3n) is 6.24. The zero-order valence-corrected chi connectivity index (χ0v) is 18.3. The number of rotatable bonds is 9. The molecule has 5 heteroatoms. The van der Waals surface area contributed by atoms with Crippen molar-refractivity contribution in [2.24, 2.45) is 5.92 Å². The van der Waals surface area contributed by atoms with E-state index in [2.05, 4.69) is 17.1 Å². The van der Waals surface area contributed by atoms with Crippen LogP contribution in [0.3, 0.4) is 0 Å². The normalized spacial score (nSPS) is 25.5. The smallest absolute Gasteiger partial charge is 0.256 e. The molecular formula is C24H38N2O3. The fourth-order valence-electron chi connectivity index (χ4n) is 4.72. The van der Waals surface area contributed by atoms with Gasteiger partial charge in [-0.2, -0.15) is 0 Å². The summed E-state index contributed by atoms with van der Waals surface area (Å²) in [4.78, 5) is 15.5. The first-order valence-electron chi connectivity index (χ1n) is 11.5. The number of hydrogen-bond acceptors (Lipinski definition) is 4. The first kappa shape index (κ1) is 22.1. The fraction of sp³-hybridized carbons (Fsp3) is 0.708. The van der Waals surface area contributed by atoms with Crippen molar-refractivity contribution in [2.45, 2.75) is 70.8 Å². The van der Waals surface area contributed by atoms with Gasteiger partial charge in [0.15, 0.2) is 0 Å². The predicted molar refractivity (Wildman–Crippen MR) is 117 cm³/mol. The summed E-state index contributed by atoms with van der Waals surface area (Å²) in [5, 5.41) is 3.07. The zero-order chi connectivity index (χ0) is 20.5. The fourth-order valence-corrected chi connectivity index (χ4v) is 4.72. The average Bonchev–Trinajstić information content (AvgIpc) is 2.73. The van der Waals surface area contributed by atoms with Crippen LogP contribution in [0, 0.1) is 5.92 Å². The molecule has 1 saturated carbocycles. The summed E-state index contributed by atoms with van der Waals surface area (Å²) in [5.74, 6) is 1.36. The number of nitrogens with zero attached hydrogens (tertiary/aromatic N) is 1. The minimum absolute atomic E-state index is 0.0129. The molecule has 2 atom stereocenters. The number of hydrogen-bond donors (Lipinski definition) is 1. The van der Waals surface area contributed by atoms with E-state index in [9.17, 15) is 4.79 Å². The van der Waals surface area contributed by atoms with Crippen molar-refractivity contribution < 1.29 is 14.3 Å². The number of carbonyl (C=O) groups excluding carboxylic acids is 1. The molecule has 162 valence electrons. The number of piperidine rings is 1. The van der Waals surface area contributed by atoms with E-state index in [1.807, 2.05) is 31.2 Å². The second-order valence-electron chi connectivity index (χ2n) is 8.71. The second kappa shape index (κ2) is 11.0. The molecule has 5 nitrogen and oxygen atoms in total. The van der Waals surface area contributed by atoms with E-state index in [0.717, 1.165) is 50.3 Å². The molecule has 2 aliphatic rings. The summed E-state index contributed by atoms with van der Waals surface area (Å²) in [5.41, 5.74) is 0.115. The second-order valence-corrected chi connectivity index (χ2v) is 8.71. The lowest BCUT2D eigenvalue weighted by Gasteiger charge is -2.38. The first-order chi connectivity index (χ1) is 14.1. The Bertz CT molecular complexity index is 624. The number of carbonyl (C=O) groups is 1. The van der Waals surface area contributed by atoms with Gasteiger partial charge in [-0.05, 0) is 88.7 Å². The van der Waals surface area contributed by atoms with Gasteiger partial charge in [-0.15, -0.1) is 0 Å². The van der Waals surface area contributed by atoms with Crippen LogP contribution in [0.1, 0.15) is 65.2 Å². The predicted octanol–water partition coefficient (Wildman–Crippen LogP) is 4.87. The maximum absolute atomic E-state index is 13.0. The molecule has 1 aliphatic heterocycles. The third-order valence-corrected chi connectivity index (χ3v) is 6.24. The molecule has 29 heavy (non-hydrogen) atoms. The summed E-state index contributed by atoms with van der Waals surface area (Å²) in [6, 6.07) is 7.72. The Labute approximate surface area is 176 Å². The molecule has 2 fully saturated rings. The number of ether oxygens (including phenoxy) is 2. The summed E-state index contributed by atoms with van der Waals surface area (Å²) in [6.07, 6.45) is 8.90. The molecule has 0 spiro atoms. The van der Waals surface area contributed by atoms with Gasteiger partial charge in [-0.3, -0.25) is 4.79 Å². The van der Waals surface area contributed by atoms with Gasteiger partial charge in [0.25, 0.3) is 5.91 Å². The monoisotopic (exact) mass is 402 g/mol. The average molecular weight is 403 g/mol. The number of amides is 1. The van der Waals surface area contributed by atoms with Gasteiger partial charge < -0.3 is 19.7 Å². The van der Waals surface area contributed by atoms with Gasteiger partial charge in [-0.25, -0.2) is 0 Å². The van der Waals surface area contributed by atoms with Gasteiger partial charge in [0.1, 0.15) is 11.4 Å². The molecule has 1 saturated heterocycles. The van der Waals surface area contributed by atoms with Crippen molar-refractivity contribution >= 4 is 11.6 Å². The van der Waals surface area contributed by atoms with Crippen LogP contribution in [0.4, 0.5) is 5.69 Å². The molecule has 1 amide bonds. The van der Waals surface area contributed by atoms with Crippen molar-refractivity contribution in [3.05, 3.63) is 24.3 Å². The van der Waals surface area contributed by atoms with Crippen molar-refractivity contribution in [1.29, 1.82) is 0 Å². The highest BCUT2D eigenvalue weighted by Gasteiger charge is 2.42. The van der Waals surface area contributed by atoms with Crippen LogP contribution in [0.5, 0.6) is 5.75 Å². The molecule has 0 bridgehead atoms. The molecule has 1 heterocycles. The SMILES string of the molecule is CCOC1(C(=O)Nc2ccc(OCCCN3CCCCC3)cc2)CCCC(C)C1. The topological polar surface area (TPSA) is 50.8 Å². The van der Waals surface area contributed by atoms with E-state index >= 15 is 0 Å². The Morgan fingerprint density at radius 1 is 1.17 bits per heavy atom. The number of likely N-dealkylation sites (tertiary alicyclic amines) is 1. The standard InChI is InChI=1S/C24H38N2O3/c1-3-29-24(14-7-9-20(2)19-24)23(27)25-21-10-12-22(13-11-21)28-18-8-17-26-15-5-4-6-16-26/h10-13,20H,3-9,14-19H2,1-2H3,(H,25,27). The summed E-state index contributed by atoms with van der Waals surface area (Å²) in [6.45, 7) is 9.04. The Hall–Kier alpha value is -1.59. The molecule has 1 aromatic carbocycles. The zero-order valence-electron chi connectivity index (χ0n) is 18.3. The molecule has 2 unspecified atom stereocenters. The highest BCUT2D eigenvalue weighted by Crippen LogP contribution is 2.36. The van der Waals surface area contributed by atoms with E-state index in [4.69, 9.17) is 9.47 Å². The largest absolute Gasteiger partial charge is 0.494 e. The first-order valence-corrected chi connectivity index (χ1v) is 11.5. The highest BCUT2D eigenvalue weighted by atomic mass is 16.5. The van der Waals surface area contributed by atoms with Crippen LogP contribution < -0.4 is 10.1 Å². The number of benzene rings is 1. The quantitative estimate of drug-likeness (QED) is 0.599. The van der Waals surface area contributed by atoms with Crippen molar-refractivity contribution in [3.63, 3.8) is 0 Å². The maximum atomic E-state index is 13.0. The van der Waals surface area contributed by atoms with E-state index in [1.54, 1.807) is 0 Å². The molecule has 3 rings (SSSR count). The third kappa shape index (κ3) is 6.45. The van der Waals surface area contributed by atoms with Crippen LogP contribution >= 0.6 is 0 Å². The van der Waals surface area contributed by atoms with Crippen LogP contribution in [-0.2, 0) is 9.53 Å². The van der Waals surface area contributed by atoms with Crippen LogP contribution in [0.2, 0.25) is 0 Å². The van der Waals surface area contributed by atoms with Crippen molar-refractivity contribution in [3.8, 4) is 5.75 Å². The highest BCUT2D eigenvalue weighted by molar-refractivity contribution is 5.97. The van der Waals surface area contributed by atoms with Crippen LogP contribution in [0.25, 0.3) is 0 Å². The van der Waals surface area contributed by atoms with Crippen LogP contribution in [-0.4, -0.2) is 49.3 Å².